The molecule has 0 aromatic heterocycles. The number of ether oxygens (including phenoxy) is 2. The zero-order valence-electron chi connectivity index (χ0n) is 12.9. The molecule has 0 bridgehead atoms. The van der Waals surface area contributed by atoms with Gasteiger partial charge >= 0.3 is 6.18 Å². The maximum atomic E-state index is 12.7. The standard InChI is InChI=1S/C15H18ClF3N2O2.ClH/c16-11-8-14-13(22-9-23-14)7-10(11)12(1-2-15(17,18)19)21-5-3-20-4-6-21;/h7-8,12,20H,1-6,9H2;1H/t12-;/m0./s1. The Kier molecular flexibility index (Phi) is 6.47. The summed E-state index contributed by atoms with van der Waals surface area (Å²) in [7, 11) is 0. The Hall–Kier alpha value is -0.890. The SMILES string of the molecule is Cl.FC(F)(F)CC[C@@H](c1cc2c(cc1Cl)OCO2)N1CCNCC1. The Bertz CT molecular complexity index is 566. The largest absolute Gasteiger partial charge is 0.454 e. The average Bonchev–Trinajstić information content (AvgIpc) is 2.94. The normalized spacial score (nSPS) is 19.0. The van der Waals surface area contributed by atoms with Crippen LogP contribution in [0, 0.1) is 0 Å². The zero-order valence-corrected chi connectivity index (χ0v) is 14.4. The molecule has 1 N–H and O–H groups in total. The van der Waals surface area contributed by atoms with Gasteiger partial charge in [-0.15, -0.1) is 12.4 Å². The van der Waals surface area contributed by atoms with Crippen LogP contribution in [-0.4, -0.2) is 44.0 Å². The van der Waals surface area contributed by atoms with Crippen LogP contribution in [0.25, 0.3) is 0 Å². The molecule has 2 heterocycles. The summed E-state index contributed by atoms with van der Waals surface area (Å²) in [6.07, 6.45) is -5.05. The molecule has 1 saturated heterocycles. The lowest BCUT2D eigenvalue weighted by molar-refractivity contribution is -0.138. The monoisotopic (exact) mass is 386 g/mol. The minimum atomic E-state index is -4.19. The quantitative estimate of drug-likeness (QED) is 0.853. The van der Waals surface area contributed by atoms with Gasteiger partial charge in [0.05, 0.1) is 0 Å². The first-order chi connectivity index (χ1) is 10.9. The van der Waals surface area contributed by atoms with E-state index in [-0.39, 0.29) is 31.7 Å². The van der Waals surface area contributed by atoms with Crippen LogP contribution in [0.5, 0.6) is 11.5 Å². The molecule has 1 atom stereocenters. The van der Waals surface area contributed by atoms with Gasteiger partial charge in [0.15, 0.2) is 11.5 Å². The minimum Gasteiger partial charge on any atom is -0.454 e. The lowest BCUT2D eigenvalue weighted by Crippen LogP contribution is -2.45. The van der Waals surface area contributed by atoms with Crippen molar-refractivity contribution in [2.24, 2.45) is 0 Å². The molecule has 0 spiro atoms. The fraction of sp³-hybridized carbons (Fsp3) is 0.600. The second-order valence-electron chi connectivity index (χ2n) is 5.68. The lowest BCUT2D eigenvalue weighted by Gasteiger charge is -2.36. The van der Waals surface area contributed by atoms with Crippen LogP contribution in [0.3, 0.4) is 0 Å². The van der Waals surface area contributed by atoms with Gasteiger partial charge in [-0.25, -0.2) is 0 Å². The molecule has 9 heteroatoms. The van der Waals surface area contributed by atoms with Crippen LogP contribution in [0.2, 0.25) is 5.02 Å². The summed E-state index contributed by atoms with van der Waals surface area (Å²) in [6.45, 7) is 2.99. The van der Waals surface area contributed by atoms with Gasteiger partial charge in [0.2, 0.25) is 6.79 Å². The third-order valence-electron chi connectivity index (χ3n) is 4.14. The zero-order chi connectivity index (χ0) is 16.4. The Morgan fingerprint density at radius 2 is 1.79 bits per heavy atom. The van der Waals surface area contributed by atoms with Gasteiger partial charge in [-0.1, -0.05) is 11.6 Å². The number of nitrogens with zero attached hydrogens (tertiary/aromatic N) is 1. The molecule has 4 nitrogen and oxygen atoms in total. The second kappa shape index (κ2) is 7.99. The smallest absolute Gasteiger partial charge is 0.389 e. The molecule has 1 fully saturated rings. The maximum absolute atomic E-state index is 12.7. The number of piperazine rings is 1. The van der Waals surface area contributed by atoms with E-state index >= 15 is 0 Å². The van der Waals surface area contributed by atoms with E-state index in [4.69, 9.17) is 21.1 Å². The molecule has 0 aliphatic carbocycles. The van der Waals surface area contributed by atoms with Crippen molar-refractivity contribution in [3.8, 4) is 11.5 Å². The van der Waals surface area contributed by atoms with Gasteiger partial charge in [0.25, 0.3) is 0 Å². The first kappa shape index (κ1) is 19.4. The number of halogens is 5. The van der Waals surface area contributed by atoms with Gasteiger partial charge in [-0.2, -0.15) is 13.2 Å². The topological polar surface area (TPSA) is 33.7 Å². The third-order valence-corrected chi connectivity index (χ3v) is 4.47. The van der Waals surface area contributed by atoms with Crippen molar-refractivity contribution in [1.82, 2.24) is 10.2 Å². The molecular formula is C15H19Cl2F3N2O2. The van der Waals surface area contributed by atoms with Crippen LogP contribution in [0.15, 0.2) is 12.1 Å². The van der Waals surface area contributed by atoms with Gasteiger partial charge < -0.3 is 14.8 Å². The van der Waals surface area contributed by atoms with E-state index in [1.807, 2.05) is 4.90 Å². The van der Waals surface area contributed by atoms with Crippen LogP contribution >= 0.6 is 24.0 Å². The summed E-state index contributed by atoms with van der Waals surface area (Å²) < 4.78 is 48.7. The summed E-state index contributed by atoms with van der Waals surface area (Å²) in [5.74, 6) is 1.07. The fourth-order valence-corrected chi connectivity index (χ4v) is 3.30. The highest BCUT2D eigenvalue weighted by Gasteiger charge is 2.33. The van der Waals surface area contributed by atoms with Crippen molar-refractivity contribution in [2.75, 3.05) is 33.0 Å². The van der Waals surface area contributed by atoms with Crippen LogP contribution in [0.4, 0.5) is 13.2 Å². The lowest BCUT2D eigenvalue weighted by atomic mass is 9.98. The highest BCUT2D eigenvalue weighted by atomic mass is 35.5. The van der Waals surface area contributed by atoms with E-state index < -0.39 is 12.6 Å². The Morgan fingerprint density at radius 3 is 2.42 bits per heavy atom. The highest BCUT2D eigenvalue weighted by Crippen LogP contribution is 2.42. The molecule has 2 aliphatic heterocycles. The van der Waals surface area contributed by atoms with E-state index in [1.165, 1.54) is 0 Å². The molecule has 0 radical (unpaired) electrons. The van der Waals surface area contributed by atoms with Crippen LogP contribution in [-0.2, 0) is 0 Å². The number of hydrogen-bond donors (Lipinski definition) is 1. The van der Waals surface area contributed by atoms with E-state index in [0.717, 1.165) is 13.1 Å². The number of rotatable bonds is 4. The van der Waals surface area contributed by atoms with Crippen molar-refractivity contribution in [3.63, 3.8) is 0 Å². The van der Waals surface area contributed by atoms with Gasteiger partial charge in [-0.05, 0) is 18.1 Å². The summed E-state index contributed by atoms with van der Waals surface area (Å²) >= 11 is 6.31. The molecule has 24 heavy (non-hydrogen) atoms. The maximum Gasteiger partial charge on any atom is 0.389 e. The number of hydrogen-bond acceptors (Lipinski definition) is 4. The molecule has 136 valence electrons. The summed E-state index contributed by atoms with van der Waals surface area (Å²) in [5.41, 5.74) is 0.669. The average molecular weight is 387 g/mol. The summed E-state index contributed by atoms with van der Waals surface area (Å²) in [5, 5.41) is 3.62. The molecule has 2 aliphatic rings. The molecule has 0 unspecified atom stereocenters. The van der Waals surface area contributed by atoms with E-state index in [0.29, 0.717) is 35.2 Å². The number of fused-ring (bicyclic) bond motifs is 1. The van der Waals surface area contributed by atoms with Crippen LogP contribution < -0.4 is 14.8 Å². The number of alkyl halides is 3. The molecular weight excluding hydrogens is 368 g/mol. The first-order valence-electron chi connectivity index (χ1n) is 7.54. The Morgan fingerprint density at radius 1 is 1.17 bits per heavy atom. The predicted molar refractivity (Wildman–Crippen MR) is 87.3 cm³/mol. The fourth-order valence-electron chi connectivity index (χ4n) is 3.02. The molecule has 0 saturated carbocycles. The van der Waals surface area contributed by atoms with Crippen LogP contribution in [0.1, 0.15) is 24.4 Å². The third kappa shape index (κ3) is 4.59. The van der Waals surface area contributed by atoms with E-state index in [9.17, 15) is 13.2 Å². The Labute approximate surface area is 149 Å². The predicted octanol–water partition coefficient (Wildman–Crippen LogP) is 3.78. The van der Waals surface area contributed by atoms with E-state index in [2.05, 4.69) is 5.32 Å². The Balaban J connectivity index is 0.00000208. The number of benzene rings is 1. The minimum absolute atomic E-state index is 0. The molecule has 3 rings (SSSR count). The first-order valence-corrected chi connectivity index (χ1v) is 7.92. The second-order valence-corrected chi connectivity index (χ2v) is 6.09. The van der Waals surface area contributed by atoms with Crippen molar-refractivity contribution >= 4 is 24.0 Å². The highest BCUT2D eigenvalue weighted by molar-refractivity contribution is 6.31. The molecule has 0 amide bonds. The van der Waals surface area contributed by atoms with Gasteiger partial charge in [-0.3, -0.25) is 4.90 Å². The van der Waals surface area contributed by atoms with Gasteiger partial charge in [0, 0.05) is 49.7 Å². The number of nitrogens with one attached hydrogen (secondary N) is 1. The van der Waals surface area contributed by atoms with Crippen molar-refractivity contribution in [2.45, 2.75) is 25.1 Å². The van der Waals surface area contributed by atoms with Crippen molar-refractivity contribution in [1.29, 1.82) is 0 Å². The molecule has 1 aromatic carbocycles. The summed E-state index contributed by atoms with van der Waals surface area (Å²) in [4.78, 5) is 2.05. The molecule has 1 aromatic rings. The summed E-state index contributed by atoms with van der Waals surface area (Å²) in [6, 6.07) is 2.95. The van der Waals surface area contributed by atoms with Crippen molar-refractivity contribution < 1.29 is 22.6 Å². The van der Waals surface area contributed by atoms with Gasteiger partial charge in [0.1, 0.15) is 0 Å². The van der Waals surface area contributed by atoms with Crippen molar-refractivity contribution in [3.05, 3.63) is 22.7 Å². The van der Waals surface area contributed by atoms with E-state index in [1.54, 1.807) is 12.1 Å².